The van der Waals surface area contributed by atoms with Gasteiger partial charge in [-0.05, 0) is 44.1 Å². The van der Waals surface area contributed by atoms with Gasteiger partial charge in [0.25, 0.3) is 0 Å². The Hall–Kier alpha value is -3.11. The summed E-state index contributed by atoms with van der Waals surface area (Å²) in [5, 5.41) is 21.4. The molecule has 5 rings (SSSR count). The molecule has 2 N–H and O–H groups in total. The summed E-state index contributed by atoms with van der Waals surface area (Å²) < 4.78 is 22.3. The number of hydrogen-bond donors (Lipinski definition) is 2. The summed E-state index contributed by atoms with van der Waals surface area (Å²) >= 11 is 0. The number of rotatable bonds is 6. The van der Waals surface area contributed by atoms with Crippen LogP contribution in [0.3, 0.4) is 0 Å². The normalized spacial score (nSPS) is 31.5. The topological polar surface area (TPSA) is 132 Å². The summed E-state index contributed by atoms with van der Waals surface area (Å²) in [7, 11) is 3.54. The molecule has 5 atom stereocenters. The van der Waals surface area contributed by atoms with E-state index in [-0.39, 0.29) is 18.2 Å². The number of nitrogens with zero attached hydrogens (tertiary/aromatic N) is 1. The van der Waals surface area contributed by atoms with Crippen molar-refractivity contribution in [3.05, 3.63) is 35.1 Å². The number of carbonyl (C=O) groups excluding carboxylic acids is 2. The minimum atomic E-state index is -1.65. The summed E-state index contributed by atoms with van der Waals surface area (Å²) in [4.78, 5) is 37.4. The van der Waals surface area contributed by atoms with Gasteiger partial charge < -0.3 is 34.1 Å². The Morgan fingerprint density at radius 3 is 2.76 bits per heavy atom. The molecule has 0 radical (unpaired) electrons. The fraction of sp³-hybridized carbons (Fsp3) is 0.542. The van der Waals surface area contributed by atoms with Crippen LogP contribution >= 0.6 is 0 Å². The first kappa shape index (κ1) is 22.7. The average molecular weight is 473 g/mol. The Balaban J connectivity index is 1.52. The maximum absolute atomic E-state index is 12.7. The van der Waals surface area contributed by atoms with Crippen molar-refractivity contribution in [3.8, 4) is 11.5 Å². The molecule has 1 aromatic rings. The van der Waals surface area contributed by atoms with Crippen molar-refractivity contribution < 1.29 is 43.5 Å². The average Bonchev–Trinajstić information content (AvgIpc) is 3.13. The van der Waals surface area contributed by atoms with Gasteiger partial charge in [-0.25, -0.2) is 4.79 Å². The Bertz CT molecular complexity index is 1110. The maximum atomic E-state index is 12.7. The van der Waals surface area contributed by atoms with Gasteiger partial charge in [0.1, 0.15) is 5.76 Å². The van der Waals surface area contributed by atoms with Crippen molar-refractivity contribution >= 4 is 17.9 Å². The second kappa shape index (κ2) is 7.71. The number of aliphatic carboxylic acids is 1. The highest BCUT2D eigenvalue weighted by atomic mass is 16.6. The second-order valence-corrected chi connectivity index (χ2v) is 9.40. The van der Waals surface area contributed by atoms with Crippen LogP contribution in [0.2, 0.25) is 0 Å². The molecule has 0 saturated carbocycles. The van der Waals surface area contributed by atoms with Crippen molar-refractivity contribution in [2.45, 2.75) is 61.9 Å². The van der Waals surface area contributed by atoms with E-state index in [1.54, 1.807) is 13.2 Å². The number of methoxy groups -OCH3 is 1. The molecule has 0 amide bonds. The molecule has 1 fully saturated rings. The van der Waals surface area contributed by atoms with Gasteiger partial charge in [0.05, 0.1) is 24.5 Å². The van der Waals surface area contributed by atoms with E-state index in [4.69, 9.17) is 18.9 Å². The molecule has 0 aromatic heterocycles. The lowest BCUT2D eigenvalue weighted by Crippen LogP contribution is -2.74. The van der Waals surface area contributed by atoms with E-state index in [9.17, 15) is 24.6 Å². The second-order valence-electron chi connectivity index (χ2n) is 9.40. The molecule has 2 bridgehead atoms. The summed E-state index contributed by atoms with van der Waals surface area (Å²) in [6, 6.07) is 3.69. The number of likely N-dealkylation sites (tertiary alicyclic amines) is 1. The molecule has 10 nitrogen and oxygen atoms in total. The van der Waals surface area contributed by atoms with Crippen LogP contribution < -0.4 is 9.47 Å². The monoisotopic (exact) mass is 473 g/mol. The lowest BCUT2D eigenvalue weighted by Gasteiger charge is -2.61. The van der Waals surface area contributed by atoms with Crippen LogP contribution in [0.15, 0.2) is 24.0 Å². The number of hydrogen-bond acceptors (Lipinski definition) is 9. The van der Waals surface area contributed by atoms with Gasteiger partial charge in [-0.3, -0.25) is 9.59 Å². The number of ether oxygens (including phenoxy) is 4. The van der Waals surface area contributed by atoms with E-state index in [0.717, 1.165) is 24.6 Å². The third-order valence-electron chi connectivity index (χ3n) is 7.73. The van der Waals surface area contributed by atoms with Crippen molar-refractivity contribution in [1.29, 1.82) is 0 Å². The number of benzene rings is 1. The Morgan fingerprint density at radius 2 is 2.09 bits per heavy atom. The molecule has 2 aliphatic heterocycles. The zero-order chi connectivity index (χ0) is 24.4. The molecule has 10 heteroatoms. The number of carboxylic acids is 1. The Labute approximate surface area is 196 Å². The fourth-order valence-corrected chi connectivity index (χ4v) is 6.29. The fourth-order valence-electron chi connectivity index (χ4n) is 6.29. The van der Waals surface area contributed by atoms with Gasteiger partial charge >= 0.3 is 17.9 Å². The van der Waals surface area contributed by atoms with E-state index < -0.39 is 47.6 Å². The molecule has 2 heterocycles. The van der Waals surface area contributed by atoms with Crippen LogP contribution in [0.4, 0.5) is 0 Å². The predicted molar refractivity (Wildman–Crippen MR) is 115 cm³/mol. The van der Waals surface area contributed by atoms with E-state index in [1.165, 1.54) is 0 Å². The van der Waals surface area contributed by atoms with Gasteiger partial charge in [-0.2, -0.15) is 0 Å². The largest absolute Gasteiger partial charge is 0.493 e. The minimum absolute atomic E-state index is 0.145. The van der Waals surface area contributed by atoms with Crippen LogP contribution in [0, 0.1) is 0 Å². The zero-order valence-corrected chi connectivity index (χ0v) is 19.2. The van der Waals surface area contributed by atoms with Crippen LogP contribution in [0.25, 0.3) is 0 Å². The zero-order valence-electron chi connectivity index (χ0n) is 19.2. The molecule has 4 aliphatic rings. The van der Waals surface area contributed by atoms with E-state index >= 15 is 0 Å². The van der Waals surface area contributed by atoms with Gasteiger partial charge in [0.15, 0.2) is 17.6 Å². The molecular weight excluding hydrogens is 446 g/mol. The summed E-state index contributed by atoms with van der Waals surface area (Å²) in [5.41, 5.74) is -0.0257. The quantitative estimate of drug-likeness (QED) is 0.575. The van der Waals surface area contributed by atoms with Crippen molar-refractivity contribution in [2.24, 2.45) is 0 Å². The smallest absolute Gasteiger partial charge is 0.345 e. The first-order valence-corrected chi connectivity index (χ1v) is 11.2. The lowest BCUT2D eigenvalue weighted by molar-refractivity contribution is -0.173. The molecule has 1 spiro atoms. The lowest BCUT2D eigenvalue weighted by atomic mass is 9.50. The van der Waals surface area contributed by atoms with E-state index in [1.807, 2.05) is 19.2 Å². The SMILES string of the molecule is COc1ccc2c3c1O[C@H]1C(OC(=O)CC(OC(C)=O)C(=O)O)=CC[C@@]4(O)[C@@H](C2)N(C)CC[C@]314. The summed E-state index contributed by atoms with van der Waals surface area (Å²) in [6.07, 6.45) is 0.0411. The molecule has 1 saturated heterocycles. The van der Waals surface area contributed by atoms with Gasteiger partial charge in [0, 0.05) is 24.9 Å². The van der Waals surface area contributed by atoms with Gasteiger partial charge in [0.2, 0.25) is 6.10 Å². The van der Waals surface area contributed by atoms with Crippen LogP contribution in [0.5, 0.6) is 11.5 Å². The van der Waals surface area contributed by atoms with Crippen molar-refractivity contribution in [1.82, 2.24) is 4.90 Å². The Morgan fingerprint density at radius 1 is 1.32 bits per heavy atom. The van der Waals surface area contributed by atoms with E-state index in [0.29, 0.717) is 24.3 Å². The third kappa shape index (κ3) is 2.98. The first-order valence-electron chi connectivity index (χ1n) is 11.2. The standard InChI is InChI=1S/C24H27NO9/c1-12(26)32-16(22(28)29)11-18(27)33-15-6-7-24(30)17-10-13-4-5-14(31-3)20-19(13)23(24,21(15)34-20)8-9-25(17)2/h4-6,16-17,21,30H,7-11H2,1-3H3,(H,28,29)/t16?,17-,21+,23+,24-/m1/s1. The number of carboxylic acid groups (broad SMARTS) is 1. The van der Waals surface area contributed by atoms with Crippen LogP contribution in [-0.2, 0) is 35.7 Å². The van der Waals surface area contributed by atoms with Crippen LogP contribution in [-0.4, -0.2) is 77.6 Å². The maximum Gasteiger partial charge on any atom is 0.345 e. The van der Waals surface area contributed by atoms with Crippen LogP contribution in [0.1, 0.15) is 37.3 Å². The molecule has 1 unspecified atom stereocenters. The number of likely N-dealkylation sites (N-methyl/N-ethyl adjacent to an activating group) is 1. The summed E-state index contributed by atoms with van der Waals surface area (Å²) in [6.45, 7) is 1.79. The molecular formula is C24H27NO9. The predicted octanol–water partition coefficient (Wildman–Crippen LogP) is 0.922. The van der Waals surface area contributed by atoms with Crippen molar-refractivity contribution in [2.75, 3.05) is 20.7 Å². The number of piperidine rings is 1. The highest BCUT2D eigenvalue weighted by Crippen LogP contribution is 2.65. The molecule has 34 heavy (non-hydrogen) atoms. The molecule has 2 aliphatic carbocycles. The molecule has 182 valence electrons. The summed E-state index contributed by atoms with van der Waals surface area (Å²) in [5.74, 6) is -1.82. The minimum Gasteiger partial charge on any atom is -0.493 e. The van der Waals surface area contributed by atoms with Gasteiger partial charge in [-0.1, -0.05) is 6.07 Å². The Kier molecular flexibility index (Phi) is 5.14. The number of aliphatic hydroxyl groups is 1. The van der Waals surface area contributed by atoms with E-state index in [2.05, 4.69) is 4.90 Å². The highest BCUT2D eigenvalue weighted by molar-refractivity contribution is 5.83. The number of carbonyl (C=O) groups is 3. The number of esters is 2. The highest BCUT2D eigenvalue weighted by Gasteiger charge is 2.72. The third-order valence-corrected chi connectivity index (χ3v) is 7.73. The van der Waals surface area contributed by atoms with Gasteiger partial charge in [-0.15, -0.1) is 0 Å². The molecule has 1 aromatic carbocycles. The first-order chi connectivity index (χ1) is 16.1. The van der Waals surface area contributed by atoms with Crippen molar-refractivity contribution in [3.63, 3.8) is 0 Å².